The van der Waals surface area contributed by atoms with Crippen LogP contribution in [0.5, 0.6) is 0 Å². The predicted octanol–water partition coefficient (Wildman–Crippen LogP) is 2.88. The maximum atomic E-state index is 13.5. The number of nitrogens with one attached hydrogen (secondary N) is 1. The minimum atomic E-state index is -1.43. The molecule has 2 unspecified atom stereocenters. The number of likely N-dealkylation sites (N-methyl/N-ethyl adjacent to an activating group) is 1. The Balaban J connectivity index is 2.34. The number of alkyl halides is 1. The summed E-state index contributed by atoms with van der Waals surface area (Å²) in [6.45, 7) is 3.90. The van der Waals surface area contributed by atoms with Crippen LogP contribution < -0.4 is 5.32 Å². The quantitative estimate of drug-likeness (QED) is 0.842. The van der Waals surface area contributed by atoms with Gasteiger partial charge in [0, 0.05) is 16.7 Å². The van der Waals surface area contributed by atoms with E-state index in [4.69, 9.17) is 0 Å². The summed E-state index contributed by atoms with van der Waals surface area (Å²) in [6, 6.07) is 5.62. The summed E-state index contributed by atoms with van der Waals surface area (Å²) in [5, 5.41) is 14.0. The van der Waals surface area contributed by atoms with Gasteiger partial charge in [-0.1, -0.05) is 26.0 Å². The maximum Gasteiger partial charge on any atom is 0.133 e. The molecular weight excluding hydrogens is 261 g/mol. The highest BCUT2D eigenvalue weighted by Gasteiger charge is 2.38. The van der Waals surface area contributed by atoms with E-state index in [0.29, 0.717) is 12.0 Å². The molecule has 2 atom stereocenters. The van der Waals surface area contributed by atoms with E-state index in [0.717, 1.165) is 18.7 Å². The molecule has 0 radical (unpaired) electrons. The van der Waals surface area contributed by atoms with Crippen molar-refractivity contribution >= 4 is 11.8 Å². The third kappa shape index (κ3) is 2.81. The summed E-state index contributed by atoms with van der Waals surface area (Å²) in [7, 11) is 0. The fraction of sp³-hybridized carbons (Fsp3) is 0.600. The van der Waals surface area contributed by atoms with Gasteiger partial charge in [0.05, 0.1) is 0 Å². The molecular formula is C15H22FNOS. The number of rotatable bonds is 6. The molecule has 0 spiro atoms. The van der Waals surface area contributed by atoms with Crippen molar-refractivity contribution in [2.75, 3.05) is 19.0 Å². The molecule has 19 heavy (non-hydrogen) atoms. The average molecular weight is 283 g/mol. The number of aliphatic hydroxyl groups is 1. The van der Waals surface area contributed by atoms with Crippen molar-refractivity contribution in [2.45, 2.75) is 43.2 Å². The molecule has 1 aliphatic rings. The van der Waals surface area contributed by atoms with E-state index >= 15 is 0 Å². The highest BCUT2D eigenvalue weighted by Crippen LogP contribution is 2.36. The standard InChI is InChI=1S/C15H22FNOS/c1-3-14(17-4-2)15(18,10-16)12-6-5-11-7-8-19-13(11)9-12/h5-6,9,14,17-18H,3-4,7-8,10H2,1-2H3. The van der Waals surface area contributed by atoms with E-state index < -0.39 is 12.3 Å². The molecule has 1 heterocycles. The minimum Gasteiger partial charge on any atom is -0.381 e. The lowest BCUT2D eigenvalue weighted by molar-refractivity contribution is -0.0259. The van der Waals surface area contributed by atoms with Crippen molar-refractivity contribution in [1.29, 1.82) is 0 Å². The van der Waals surface area contributed by atoms with Gasteiger partial charge in [0.2, 0.25) is 0 Å². The molecule has 1 aliphatic heterocycles. The van der Waals surface area contributed by atoms with E-state index in [2.05, 4.69) is 5.32 Å². The fourth-order valence-electron chi connectivity index (χ4n) is 2.70. The van der Waals surface area contributed by atoms with Gasteiger partial charge in [-0.2, -0.15) is 0 Å². The molecule has 0 saturated heterocycles. The number of thioether (sulfide) groups is 1. The van der Waals surface area contributed by atoms with Gasteiger partial charge in [0.15, 0.2) is 0 Å². The second-order valence-corrected chi connectivity index (χ2v) is 6.13. The molecule has 0 amide bonds. The van der Waals surface area contributed by atoms with Crippen LogP contribution >= 0.6 is 11.8 Å². The summed E-state index contributed by atoms with van der Waals surface area (Å²) in [5.74, 6) is 1.08. The Bertz CT molecular complexity index is 440. The van der Waals surface area contributed by atoms with Gasteiger partial charge in [-0.25, -0.2) is 4.39 Å². The minimum absolute atomic E-state index is 0.257. The summed E-state index contributed by atoms with van der Waals surface area (Å²) in [6.07, 6.45) is 1.76. The Labute approximate surface area is 118 Å². The summed E-state index contributed by atoms with van der Waals surface area (Å²) in [4.78, 5) is 1.19. The smallest absolute Gasteiger partial charge is 0.133 e. The number of hydrogen-bond donors (Lipinski definition) is 2. The first-order valence-corrected chi connectivity index (χ1v) is 7.92. The monoisotopic (exact) mass is 283 g/mol. The predicted molar refractivity (Wildman–Crippen MR) is 78.5 cm³/mol. The van der Waals surface area contributed by atoms with Crippen molar-refractivity contribution in [1.82, 2.24) is 5.32 Å². The van der Waals surface area contributed by atoms with Gasteiger partial charge in [0.1, 0.15) is 12.3 Å². The molecule has 0 aromatic heterocycles. The van der Waals surface area contributed by atoms with Gasteiger partial charge >= 0.3 is 0 Å². The summed E-state index contributed by atoms with van der Waals surface area (Å²) >= 11 is 1.79. The van der Waals surface area contributed by atoms with E-state index in [9.17, 15) is 9.50 Å². The third-order valence-corrected chi connectivity index (χ3v) is 4.93. The molecule has 0 saturated carbocycles. The van der Waals surface area contributed by atoms with Crippen LogP contribution in [0, 0.1) is 0 Å². The number of benzene rings is 1. The van der Waals surface area contributed by atoms with Crippen LogP contribution in [0.1, 0.15) is 31.4 Å². The molecule has 0 bridgehead atoms. The van der Waals surface area contributed by atoms with E-state index in [1.807, 2.05) is 32.0 Å². The molecule has 4 heteroatoms. The second-order valence-electron chi connectivity index (χ2n) is 5.00. The maximum absolute atomic E-state index is 13.5. The lowest BCUT2D eigenvalue weighted by Gasteiger charge is -2.34. The Morgan fingerprint density at radius 2 is 2.26 bits per heavy atom. The Morgan fingerprint density at radius 3 is 2.89 bits per heavy atom. The molecule has 2 nitrogen and oxygen atoms in total. The second kappa shape index (κ2) is 6.25. The first-order valence-electron chi connectivity index (χ1n) is 6.93. The lowest BCUT2D eigenvalue weighted by atomic mass is 9.85. The molecule has 1 aromatic rings. The summed E-state index contributed by atoms with van der Waals surface area (Å²) < 4.78 is 13.5. The van der Waals surface area contributed by atoms with Crippen molar-refractivity contribution in [2.24, 2.45) is 0 Å². The number of halogens is 1. The van der Waals surface area contributed by atoms with Crippen LogP contribution in [0.25, 0.3) is 0 Å². The number of fused-ring (bicyclic) bond motifs is 1. The molecule has 0 fully saturated rings. The zero-order valence-electron chi connectivity index (χ0n) is 11.6. The molecule has 0 aliphatic carbocycles. The molecule has 1 aromatic carbocycles. The van der Waals surface area contributed by atoms with Crippen LogP contribution in [0.3, 0.4) is 0 Å². The van der Waals surface area contributed by atoms with Gasteiger partial charge < -0.3 is 10.4 Å². The zero-order valence-corrected chi connectivity index (χ0v) is 12.4. The van der Waals surface area contributed by atoms with Gasteiger partial charge in [0.25, 0.3) is 0 Å². The van der Waals surface area contributed by atoms with Crippen LogP contribution in [0.2, 0.25) is 0 Å². The highest BCUT2D eigenvalue weighted by atomic mass is 32.2. The zero-order chi connectivity index (χ0) is 13.9. The van der Waals surface area contributed by atoms with E-state index in [-0.39, 0.29) is 6.04 Å². The first-order chi connectivity index (χ1) is 9.15. The largest absolute Gasteiger partial charge is 0.381 e. The number of aryl methyl sites for hydroxylation is 1. The fourth-order valence-corrected chi connectivity index (χ4v) is 3.81. The molecule has 2 rings (SSSR count). The Morgan fingerprint density at radius 1 is 1.47 bits per heavy atom. The summed E-state index contributed by atoms with van der Waals surface area (Å²) in [5.41, 5.74) is 0.575. The third-order valence-electron chi connectivity index (χ3n) is 3.83. The van der Waals surface area contributed by atoms with Crippen LogP contribution in [-0.4, -0.2) is 30.1 Å². The van der Waals surface area contributed by atoms with Crippen LogP contribution in [0.4, 0.5) is 4.39 Å². The van der Waals surface area contributed by atoms with Gasteiger partial charge in [-0.3, -0.25) is 0 Å². The van der Waals surface area contributed by atoms with Crippen molar-refractivity contribution < 1.29 is 9.50 Å². The topological polar surface area (TPSA) is 32.3 Å². The van der Waals surface area contributed by atoms with E-state index in [1.54, 1.807) is 11.8 Å². The SMILES string of the molecule is CCNC(CC)C(O)(CF)c1ccc2c(c1)SCC2. The van der Waals surface area contributed by atoms with Crippen molar-refractivity contribution in [3.05, 3.63) is 29.3 Å². The van der Waals surface area contributed by atoms with E-state index in [1.165, 1.54) is 10.5 Å². The Hall–Kier alpha value is -0.580. The van der Waals surface area contributed by atoms with Crippen molar-refractivity contribution in [3.8, 4) is 0 Å². The normalized spacial score (nSPS) is 18.9. The molecule has 2 N–H and O–H groups in total. The highest BCUT2D eigenvalue weighted by molar-refractivity contribution is 7.99. The molecule has 106 valence electrons. The lowest BCUT2D eigenvalue weighted by Crippen LogP contribution is -2.49. The van der Waals surface area contributed by atoms with Crippen LogP contribution in [-0.2, 0) is 12.0 Å². The van der Waals surface area contributed by atoms with Gasteiger partial charge in [-0.15, -0.1) is 11.8 Å². The average Bonchev–Trinajstić information content (AvgIpc) is 2.91. The Kier molecular flexibility index (Phi) is 4.87. The van der Waals surface area contributed by atoms with Crippen LogP contribution in [0.15, 0.2) is 23.1 Å². The first kappa shape index (κ1) is 14.8. The van der Waals surface area contributed by atoms with Gasteiger partial charge in [-0.05, 0) is 36.6 Å². The number of hydrogen-bond acceptors (Lipinski definition) is 3. The van der Waals surface area contributed by atoms with Crippen molar-refractivity contribution in [3.63, 3.8) is 0 Å².